The molecule has 1 amide bonds. The van der Waals surface area contributed by atoms with Gasteiger partial charge >= 0.3 is 0 Å². The van der Waals surface area contributed by atoms with E-state index >= 15 is 0 Å². The number of rotatable bonds is 10. The maximum Gasteiger partial charge on any atom is 0.240 e. The van der Waals surface area contributed by atoms with Crippen LogP contribution in [0.2, 0.25) is 0 Å². The zero-order valence-electron chi connectivity index (χ0n) is 16.6. The summed E-state index contributed by atoms with van der Waals surface area (Å²) in [7, 11) is -7.40. The lowest BCUT2D eigenvalue weighted by Gasteiger charge is -2.19. The van der Waals surface area contributed by atoms with Gasteiger partial charge in [-0.1, -0.05) is 29.8 Å². The number of hydrogen-bond donors (Lipinski definition) is 2. The lowest BCUT2D eigenvalue weighted by atomic mass is 10.2. The number of hydrogen-bond acceptors (Lipinski definition) is 5. The van der Waals surface area contributed by atoms with E-state index in [1.165, 1.54) is 36.4 Å². The van der Waals surface area contributed by atoms with Crippen molar-refractivity contribution in [3.05, 3.63) is 65.5 Å². The maximum absolute atomic E-state index is 13.0. The van der Waals surface area contributed by atoms with Crippen molar-refractivity contribution in [3.8, 4) is 0 Å². The fraction of sp³-hybridized carbons (Fsp3) is 0.316. The molecule has 2 rings (SSSR count). The van der Waals surface area contributed by atoms with Crippen LogP contribution in [-0.4, -0.2) is 52.9 Å². The Morgan fingerprint density at radius 1 is 0.967 bits per heavy atom. The Kier molecular flexibility index (Phi) is 8.07. The summed E-state index contributed by atoms with van der Waals surface area (Å²) in [5.74, 6) is -1.03. The Hall–Kier alpha value is -2.34. The Morgan fingerprint density at radius 3 is 2.13 bits per heavy atom. The van der Waals surface area contributed by atoms with Gasteiger partial charge in [-0.3, -0.25) is 4.79 Å². The molecule has 0 heterocycles. The molecule has 0 aromatic heterocycles. The molecule has 0 spiro atoms. The maximum atomic E-state index is 13.0. The quantitative estimate of drug-likeness (QED) is 0.517. The highest BCUT2D eigenvalue weighted by Gasteiger charge is 2.20. The lowest BCUT2D eigenvalue weighted by molar-refractivity contribution is -0.121. The molecule has 0 radical (unpaired) electrons. The SMILES string of the molecule is Cc1ccc(S(=O)(=O)NCCNC(=O)CN(Cc2ccc(F)cc2)S(C)(=O)=O)cc1. The van der Waals surface area contributed by atoms with Crippen LogP contribution in [0.3, 0.4) is 0 Å². The molecule has 2 aromatic rings. The van der Waals surface area contributed by atoms with Gasteiger partial charge in [-0.25, -0.2) is 25.9 Å². The second-order valence-electron chi connectivity index (χ2n) is 6.72. The molecule has 11 heteroatoms. The molecule has 0 fully saturated rings. The standard InChI is InChI=1S/C19H24FN3O5S2/c1-15-3-9-18(10-4-15)30(27,28)22-12-11-21-19(24)14-23(29(2,25)26)13-16-5-7-17(20)8-6-16/h3-10,22H,11-14H2,1-2H3,(H,21,24). The first-order valence-electron chi connectivity index (χ1n) is 9.00. The number of amides is 1. The molecule has 0 aliphatic carbocycles. The van der Waals surface area contributed by atoms with E-state index in [2.05, 4.69) is 10.0 Å². The summed E-state index contributed by atoms with van der Waals surface area (Å²) >= 11 is 0. The fourth-order valence-corrected chi connectivity index (χ4v) is 4.26. The number of carbonyl (C=O) groups is 1. The number of nitrogens with one attached hydrogen (secondary N) is 2. The number of benzene rings is 2. The van der Waals surface area contributed by atoms with Gasteiger partial charge in [0.05, 0.1) is 17.7 Å². The Labute approximate surface area is 176 Å². The number of carbonyl (C=O) groups excluding carboxylic acids is 1. The van der Waals surface area contributed by atoms with E-state index in [1.54, 1.807) is 12.1 Å². The van der Waals surface area contributed by atoms with Crippen LogP contribution in [0.5, 0.6) is 0 Å². The number of sulfonamides is 2. The average Bonchev–Trinajstić information content (AvgIpc) is 2.66. The largest absolute Gasteiger partial charge is 0.354 e. The van der Waals surface area contributed by atoms with E-state index in [-0.39, 0.29) is 24.5 Å². The third-order valence-corrected chi connectivity index (χ3v) is 6.80. The first-order valence-corrected chi connectivity index (χ1v) is 12.3. The summed E-state index contributed by atoms with van der Waals surface area (Å²) in [5.41, 5.74) is 1.46. The topological polar surface area (TPSA) is 113 Å². The van der Waals surface area contributed by atoms with Gasteiger partial charge in [0.2, 0.25) is 26.0 Å². The Balaban J connectivity index is 1.86. The van der Waals surface area contributed by atoms with Crippen molar-refractivity contribution in [1.82, 2.24) is 14.3 Å². The van der Waals surface area contributed by atoms with Gasteiger partial charge < -0.3 is 5.32 Å². The zero-order chi connectivity index (χ0) is 22.4. The van der Waals surface area contributed by atoms with Crippen LogP contribution in [0.25, 0.3) is 0 Å². The molecule has 0 atom stereocenters. The number of aryl methyl sites for hydroxylation is 1. The predicted molar refractivity (Wildman–Crippen MR) is 111 cm³/mol. The summed E-state index contributed by atoms with van der Waals surface area (Å²) in [6.45, 7) is 1.24. The van der Waals surface area contributed by atoms with E-state index in [9.17, 15) is 26.0 Å². The van der Waals surface area contributed by atoms with Crippen molar-refractivity contribution in [3.63, 3.8) is 0 Å². The molecular weight excluding hydrogens is 433 g/mol. The number of nitrogens with zero attached hydrogens (tertiary/aromatic N) is 1. The second-order valence-corrected chi connectivity index (χ2v) is 10.5. The Morgan fingerprint density at radius 2 is 1.57 bits per heavy atom. The van der Waals surface area contributed by atoms with Crippen molar-refractivity contribution < 1.29 is 26.0 Å². The molecule has 8 nitrogen and oxygen atoms in total. The lowest BCUT2D eigenvalue weighted by Crippen LogP contribution is -2.42. The van der Waals surface area contributed by atoms with Gasteiger partial charge in [0.15, 0.2) is 0 Å². The molecule has 30 heavy (non-hydrogen) atoms. The molecule has 0 aliphatic rings. The van der Waals surface area contributed by atoms with Gasteiger partial charge in [-0.05, 0) is 36.8 Å². The number of halogens is 1. The van der Waals surface area contributed by atoms with E-state index in [1.807, 2.05) is 6.92 Å². The van der Waals surface area contributed by atoms with Crippen molar-refractivity contribution in [1.29, 1.82) is 0 Å². The third kappa shape index (κ3) is 7.48. The first-order chi connectivity index (χ1) is 14.0. The minimum Gasteiger partial charge on any atom is -0.354 e. The van der Waals surface area contributed by atoms with Crippen LogP contribution >= 0.6 is 0 Å². The van der Waals surface area contributed by atoms with E-state index in [0.29, 0.717) is 5.56 Å². The van der Waals surface area contributed by atoms with Crippen LogP contribution in [0.1, 0.15) is 11.1 Å². The van der Waals surface area contributed by atoms with Crippen molar-refractivity contribution in [2.45, 2.75) is 18.4 Å². The minimum atomic E-state index is -3.70. The highest BCUT2D eigenvalue weighted by Crippen LogP contribution is 2.10. The van der Waals surface area contributed by atoms with Crippen molar-refractivity contribution >= 4 is 26.0 Å². The summed E-state index contributed by atoms with van der Waals surface area (Å²) in [6.07, 6.45) is 0.972. The molecule has 2 N–H and O–H groups in total. The summed E-state index contributed by atoms with van der Waals surface area (Å²) < 4.78 is 64.6. The van der Waals surface area contributed by atoms with Gasteiger partial charge in [0.25, 0.3) is 0 Å². The summed E-state index contributed by atoms with van der Waals surface area (Å²) in [5, 5.41) is 2.48. The van der Waals surface area contributed by atoms with Crippen LogP contribution in [0, 0.1) is 12.7 Å². The second kappa shape index (κ2) is 10.1. The van der Waals surface area contributed by atoms with Crippen LogP contribution < -0.4 is 10.0 Å². The van der Waals surface area contributed by atoms with Crippen LogP contribution in [-0.2, 0) is 31.4 Å². The molecular formula is C19H24FN3O5S2. The molecule has 0 saturated heterocycles. The van der Waals surface area contributed by atoms with Gasteiger partial charge in [0, 0.05) is 19.6 Å². The minimum absolute atomic E-state index is 0.0158. The van der Waals surface area contributed by atoms with Crippen molar-refractivity contribution in [2.24, 2.45) is 0 Å². The van der Waals surface area contributed by atoms with E-state index in [4.69, 9.17) is 0 Å². The monoisotopic (exact) mass is 457 g/mol. The molecule has 0 unspecified atom stereocenters. The molecule has 2 aromatic carbocycles. The highest BCUT2D eigenvalue weighted by molar-refractivity contribution is 7.89. The summed E-state index contributed by atoms with van der Waals surface area (Å²) in [4.78, 5) is 12.2. The highest BCUT2D eigenvalue weighted by atomic mass is 32.2. The van der Waals surface area contributed by atoms with Crippen LogP contribution in [0.15, 0.2) is 53.4 Å². The zero-order valence-corrected chi connectivity index (χ0v) is 18.3. The van der Waals surface area contributed by atoms with Crippen LogP contribution in [0.4, 0.5) is 4.39 Å². The third-order valence-electron chi connectivity index (χ3n) is 4.13. The smallest absolute Gasteiger partial charge is 0.240 e. The van der Waals surface area contributed by atoms with Gasteiger partial charge in [0.1, 0.15) is 5.82 Å². The fourth-order valence-electron chi connectivity index (χ4n) is 2.49. The average molecular weight is 458 g/mol. The molecule has 164 valence electrons. The molecule has 0 saturated carbocycles. The van der Waals surface area contributed by atoms with E-state index in [0.717, 1.165) is 16.1 Å². The van der Waals surface area contributed by atoms with Gasteiger partial charge in [-0.15, -0.1) is 0 Å². The summed E-state index contributed by atoms with van der Waals surface area (Å²) in [6, 6.07) is 11.6. The first kappa shape index (κ1) is 23.9. The predicted octanol–water partition coefficient (Wildman–Crippen LogP) is 0.990. The van der Waals surface area contributed by atoms with E-state index < -0.39 is 38.3 Å². The van der Waals surface area contributed by atoms with Crippen molar-refractivity contribution in [2.75, 3.05) is 25.9 Å². The Bertz CT molecular complexity index is 1070. The molecule has 0 bridgehead atoms. The normalized spacial score (nSPS) is 12.1. The molecule has 0 aliphatic heterocycles. The van der Waals surface area contributed by atoms with Gasteiger partial charge in [-0.2, -0.15) is 4.31 Å².